The molecule has 1 aliphatic heterocycles. The van der Waals surface area contributed by atoms with E-state index in [4.69, 9.17) is 21.8 Å². The van der Waals surface area contributed by atoms with Gasteiger partial charge in [0.25, 0.3) is 0 Å². The first kappa shape index (κ1) is 15.7. The van der Waals surface area contributed by atoms with E-state index in [9.17, 15) is 4.79 Å². The summed E-state index contributed by atoms with van der Waals surface area (Å²) in [6.07, 6.45) is 1.87. The van der Waals surface area contributed by atoms with E-state index >= 15 is 0 Å². The lowest BCUT2D eigenvalue weighted by Gasteiger charge is -2.58. The number of carbonyl (C=O) groups is 1. The average molecular weight is 346 g/mol. The smallest absolute Gasteiger partial charge is 0.226 e. The van der Waals surface area contributed by atoms with Crippen molar-refractivity contribution in [2.24, 2.45) is 17.1 Å². The Morgan fingerprint density at radius 2 is 2.04 bits per heavy atom. The lowest BCUT2D eigenvalue weighted by Crippen LogP contribution is -2.63. The second kappa shape index (κ2) is 5.60. The van der Waals surface area contributed by atoms with Crippen molar-refractivity contribution in [3.8, 4) is 11.5 Å². The van der Waals surface area contributed by atoms with Crippen LogP contribution in [0.4, 0.5) is 0 Å². The predicted octanol–water partition coefficient (Wildman–Crippen LogP) is 3.00. The molecule has 2 aliphatic rings. The summed E-state index contributed by atoms with van der Waals surface area (Å²) in [4.78, 5) is 18.0. The Bertz CT molecular complexity index is 770. The average Bonchev–Trinajstić information content (AvgIpc) is 2.81. The highest BCUT2D eigenvalue weighted by molar-refractivity contribution is 6.30. The molecule has 0 unspecified atom stereocenters. The molecule has 6 heteroatoms. The van der Waals surface area contributed by atoms with Gasteiger partial charge in [-0.3, -0.25) is 9.69 Å². The number of nitrogens with zero attached hydrogens (tertiary/aromatic N) is 2. The maximum atomic E-state index is 11.2. The highest BCUT2D eigenvalue weighted by Gasteiger charge is 2.53. The summed E-state index contributed by atoms with van der Waals surface area (Å²) in [5, 5.41) is 0.697. The number of halogens is 1. The van der Waals surface area contributed by atoms with Gasteiger partial charge in [-0.25, -0.2) is 4.98 Å². The van der Waals surface area contributed by atoms with Gasteiger partial charge in [-0.1, -0.05) is 11.6 Å². The number of benzene rings is 1. The molecule has 4 rings (SSSR count). The number of hydrogen-bond acceptors (Lipinski definition) is 4. The number of oxazole rings is 1. The second-order valence-electron chi connectivity index (χ2n) is 7.19. The zero-order chi connectivity index (χ0) is 16.9. The molecule has 24 heavy (non-hydrogen) atoms. The van der Waals surface area contributed by atoms with Gasteiger partial charge in [0, 0.05) is 29.6 Å². The molecule has 0 radical (unpaired) electrons. The number of nitrogens with two attached hydrogens (primary N) is 1. The van der Waals surface area contributed by atoms with Gasteiger partial charge in [0.05, 0.1) is 12.2 Å². The van der Waals surface area contributed by atoms with Gasteiger partial charge in [-0.2, -0.15) is 0 Å². The summed E-state index contributed by atoms with van der Waals surface area (Å²) in [5.41, 5.74) is 7.52. The van der Waals surface area contributed by atoms with Gasteiger partial charge in [0.15, 0.2) is 0 Å². The van der Waals surface area contributed by atoms with Crippen molar-refractivity contribution in [2.45, 2.75) is 26.3 Å². The van der Waals surface area contributed by atoms with Gasteiger partial charge < -0.3 is 10.2 Å². The SMILES string of the molecule is Cc1nc(-c2ccc(Cl)cc2)oc1CN1CC2(CC(C(N)=O)C2)C1. The van der Waals surface area contributed by atoms with Crippen LogP contribution in [0.5, 0.6) is 0 Å². The molecule has 1 spiro atoms. The standard InChI is InChI=1S/C18H20ClN3O2/c1-11-15(24-17(21-11)12-2-4-14(19)5-3-12)8-22-9-18(10-22)6-13(7-18)16(20)23/h2-5,13H,6-10H2,1H3,(H2,20,23). The minimum atomic E-state index is -0.155. The zero-order valence-corrected chi connectivity index (χ0v) is 14.3. The first-order valence-corrected chi connectivity index (χ1v) is 8.56. The van der Waals surface area contributed by atoms with Crippen molar-refractivity contribution in [3.63, 3.8) is 0 Å². The van der Waals surface area contributed by atoms with Crippen molar-refractivity contribution in [2.75, 3.05) is 13.1 Å². The molecule has 1 aliphatic carbocycles. The number of hydrogen-bond donors (Lipinski definition) is 1. The molecular weight excluding hydrogens is 326 g/mol. The van der Waals surface area contributed by atoms with Crippen LogP contribution in [0.1, 0.15) is 24.3 Å². The quantitative estimate of drug-likeness (QED) is 0.924. The maximum absolute atomic E-state index is 11.2. The van der Waals surface area contributed by atoms with Crippen LogP contribution in [0.2, 0.25) is 5.02 Å². The van der Waals surface area contributed by atoms with Gasteiger partial charge in [0.2, 0.25) is 11.8 Å². The Kier molecular flexibility index (Phi) is 3.66. The van der Waals surface area contributed by atoms with E-state index in [0.29, 0.717) is 16.3 Å². The summed E-state index contributed by atoms with van der Waals surface area (Å²) in [6, 6.07) is 7.49. The van der Waals surface area contributed by atoms with Gasteiger partial charge in [-0.05, 0) is 49.4 Å². The molecular formula is C18H20ClN3O2. The first-order chi connectivity index (χ1) is 11.4. The molecule has 0 atom stereocenters. The minimum Gasteiger partial charge on any atom is -0.440 e. The van der Waals surface area contributed by atoms with Crippen molar-refractivity contribution in [1.82, 2.24) is 9.88 Å². The van der Waals surface area contributed by atoms with Crippen molar-refractivity contribution in [3.05, 3.63) is 40.7 Å². The molecule has 1 aromatic carbocycles. The normalized spacial score (nSPS) is 19.9. The topological polar surface area (TPSA) is 72.4 Å². The van der Waals surface area contributed by atoms with Gasteiger partial charge in [-0.15, -0.1) is 0 Å². The third-order valence-electron chi connectivity index (χ3n) is 5.23. The third kappa shape index (κ3) is 2.72. The molecule has 126 valence electrons. The number of aryl methyl sites for hydroxylation is 1. The number of carbonyl (C=O) groups excluding carboxylic acids is 1. The van der Waals surface area contributed by atoms with E-state index in [-0.39, 0.29) is 11.8 Å². The zero-order valence-electron chi connectivity index (χ0n) is 13.6. The van der Waals surface area contributed by atoms with Crippen LogP contribution in [-0.2, 0) is 11.3 Å². The van der Waals surface area contributed by atoms with Crippen LogP contribution in [0.3, 0.4) is 0 Å². The number of amides is 1. The first-order valence-electron chi connectivity index (χ1n) is 8.18. The predicted molar refractivity (Wildman–Crippen MR) is 91.3 cm³/mol. The van der Waals surface area contributed by atoms with Crippen LogP contribution in [0.15, 0.2) is 28.7 Å². The lowest BCUT2D eigenvalue weighted by atomic mass is 9.57. The molecule has 5 nitrogen and oxygen atoms in total. The Balaban J connectivity index is 1.38. The minimum absolute atomic E-state index is 0.0793. The summed E-state index contributed by atoms with van der Waals surface area (Å²) < 4.78 is 5.96. The molecule has 1 aromatic heterocycles. The van der Waals surface area contributed by atoms with Crippen LogP contribution < -0.4 is 5.73 Å². The molecule has 2 aromatic rings. The maximum Gasteiger partial charge on any atom is 0.226 e. The fourth-order valence-corrected chi connectivity index (χ4v) is 4.08. The van der Waals surface area contributed by atoms with E-state index in [1.807, 2.05) is 31.2 Å². The van der Waals surface area contributed by atoms with E-state index < -0.39 is 0 Å². The fraction of sp³-hybridized carbons (Fsp3) is 0.444. The Morgan fingerprint density at radius 1 is 1.38 bits per heavy atom. The highest BCUT2D eigenvalue weighted by atomic mass is 35.5. The summed E-state index contributed by atoms with van der Waals surface area (Å²) in [5.74, 6) is 1.46. The van der Waals surface area contributed by atoms with E-state index in [0.717, 1.165) is 49.5 Å². The fourth-order valence-electron chi connectivity index (χ4n) is 3.95. The van der Waals surface area contributed by atoms with Crippen LogP contribution in [-0.4, -0.2) is 28.9 Å². The number of rotatable bonds is 4. The van der Waals surface area contributed by atoms with E-state index in [1.165, 1.54) is 0 Å². The number of primary amides is 1. The largest absolute Gasteiger partial charge is 0.440 e. The summed E-state index contributed by atoms with van der Waals surface area (Å²) in [7, 11) is 0. The van der Waals surface area contributed by atoms with Crippen LogP contribution in [0, 0.1) is 18.3 Å². The van der Waals surface area contributed by atoms with Gasteiger partial charge in [0.1, 0.15) is 5.76 Å². The molecule has 0 bridgehead atoms. The Morgan fingerprint density at radius 3 is 2.67 bits per heavy atom. The monoisotopic (exact) mass is 345 g/mol. The summed E-state index contributed by atoms with van der Waals surface area (Å²) >= 11 is 5.92. The molecule has 1 saturated heterocycles. The van der Waals surface area contributed by atoms with Crippen molar-refractivity contribution in [1.29, 1.82) is 0 Å². The van der Waals surface area contributed by atoms with Crippen molar-refractivity contribution >= 4 is 17.5 Å². The Labute approximate surface area is 145 Å². The molecule has 2 N–H and O–H groups in total. The number of likely N-dealkylation sites (tertiary alicyclic amines) is 1. The highest BCUT2D eigenvalue weighted by Crippen LogP contribution is 2.52. The van der Waals surface area contributed by atoms with E-state index in [1.54, 1.807) is 0 Å². The Hall–Kier alpha value is -1.85. The molecule has 2 heterocycles. The lowest BCUT2D eigenvalue weighted by molar-refractivity contribution is -0.142. The van der Waals surface area contributed by atoms with Crippen LogP contribution >= 0.6 is 11.6 Å². The molecule has 2 fully saturated rings. The van der Waals surface area contributed by atoms with Gasteiger partial charge >= 0.3 is 0 Å². The van der Waals surface area contributed by atoms with Crippen molar-refractivity contribution < 1.29 is 9.21 Å². The molecule has 1 amide bonds. The summed E-state index contributed by atoms with van der Waals surface area (Å²) in [6.45, 7) is 4.75. The number of aromatic nitrogens is 1. The third-order valence-corrected chi connectivity index (χ3v) is 5.48. The second-order valence-corrected chi connectivity index (χ2v) is 7.62. The van der Waals surface area contributed by atoms with E-state index in [2.05, 4.69) is 9.88 Å². The van der Waals surface area contributed by atoms with Crippen LogP contribution in [0.25, 0.3) is 11.5 Å². The molecule has 1 saturated carbocycles.